The molecule has 2 heterocycles. The van der Waals surface area contributed by atoms with E-state index in [4.69, 9.17) is 4.74 Å². The van der Waals surface area contributed by atoms with Gasteiger partial charge in [-0.25, -0.2) is 4.39 Å². The second-order valence-corrected chi connectivity index (χ2v) is 9.19. The summed E-state index contributed by atoms with van der Waals surface area (Å²) < 4.78 is 21.1. The van der Waals surface area contributed by atoms with Crippen LogP contribution in [0.5, 0.6) is 5.75 Å². The Morgan fingerprint density at radius 1 is 1.03 bits per heavy atom. The number of amides is 2. The van der Waals surface area contributed by atoms with Crippen molar-refractivity contribution in [2.24, 2.45) is 5.92 Å². The zero-order chi connectivity index (χ0) is 25.1. The molecular formula is C28H32FN3O3. The van der Waals surface area contributed by atoms with Gasteiger partial charge in [-0.05, 0) is 81.1 Å². The minimum absolute atomic E-state index is 0.00755. The molecule has 0 spiro atoms. The van der Waals surface area contributed by atoms with E-state index in [0.717, 1.165) is 28.4 Å². The fourth-order valence-corrected chi connectivity index (χ4v) is 4.70. The van der Waals surface area contributed by atoms with Crippen LogP contribution in [-0.4, -0.2) is 41.5 Å². The van der Waals surface area contributed by atoms with E-state index in [2.05, 4.69) is 9.88 Å². The number of carbonyl (C=O) groups excluding carboxylic acids is 2. The Morgan fingerprint density at radius 3 is 2.34 bits per heavy atom. The van der Waals surface area contributed by atoms with Crippen molar-refractivity contribution in [2.45, 2.75) is 40.2 Å². The molecule has 1 N–H and O–H groups in total. The largest absolute Gasteiger partial charge is 0.497 e. The van der Waals surface area contributed by atoms with Gasteiger partial charge in [-0.15, -0.1) is 0 Å². The third kappa shape index (κ3) is 5.24. The Balaban J connectivity index is 1.36. The predicted octanol–water partition coefficient (Wildman–Crippen LogP) is 4.72. The molecule has 1 saturated heterocycles. The van der Waals surface area contributed by atoms with Crippen LogP contribution in [0.4, 0.5) is 4.39 Å². The van der Waals surface area contributed by atoms with E-state index >= 15 is 0 Å². The molecule has 184 valence electrons. The lowest BCUT2D eigenvalue weighted by atomic mass is 9.95. The van der Waals surface area contributed by atoms with E-state index in [-0.39, 0.29) is 23.5 Å². The molecule has 1 aliphatic rings. The van der Waals surface area contributed by atoms with Crippen LogP contribution in [0.15, 0.2) is 48.5 Å². The first-order valence-corrected chi connectivity index (χ1v) is 11.9. The first-order chi connectivity index (χ1) is 16.8. The summed E-state index contributed by atoms with van der Waals surface area (Å²) in [5.74, 6) is 0.309. The Labute approximate surface area is 205 Å². The maximum Gasteiger partial charge on any atom is 0.255 e. The molecule has 0 bridgehead atoms. The Morgan fingerprint density at radius 2 is 1.71 bits per heavy atom. The summed E-state index contributed by atoms with van der Waals surface area (Å²) in [6.07, 6.45) is 1.22. The van der Waals surface area contributed by atoms with Gasteiger partial charge in [0.15, 0.2) is 0 Å². The van der Waals surface area contributed by atoms with Gasteiger partial charge in [0, 0.05) is 42.6 Å². The van der Waals surface area contributed by atoms with E-state index in [1.54, 1.807) is 20.1 Å². The minimum atomic E-state index is -0.269. The van der Waals surface area contributed by atoms with Gasteiger partial charge in [0.25, 0.3) is 5.91 Å². The average Bonchev–Trinajstić information content (AvgIpc) is 3.17. The van der Waals surface area contributed by atoms with Crippen LogP contribution < -0.4 is 10.1 Å². The maximum atomic E-state index is 13.7. The van der Waals surface area contributed by atoms with Crippen LogP contribution in [0.2, 0.25) is 0 Å². The van der Waals surface area contributed by atoms with Gasteiger partial charge >= 0.3 is 0 Å². The van der Waals surface area contributed by atoms with Gasteiger partial charge in [-0.3, -0.25) is 9.59 Å². The number of hydrogen-bond acceptors (Lipinski definition) is 3. The summed E-state index contributed by atoms with van der Waals surface area (Å²) in [6, 6.07) is 14.7. The first kappa shape index (κ1) is 24.5. The van der Waals surface area contributed by atoms with Gasteiger partial charge in [-0.1, -0.05) is 12.1 Å². The molecule has 2 amide bonds. The summed E-state index contributed by atoms with van der Waals surface area (Å²) >= 11 is 0. The molecule has 0 radical (unpaired) electrons. The number of rotatable bonds is 6. The van der Waals surface area contributed by atoms with Crippen LogP contribution in [0, 0.1) is 32.5 Å². The number of nitrogens with zero attached hydrogens (tertiary/aromatic N) is 2. The predicted molar refractivity (Wildman–Crippen MR) is 133 cm³/mol. The van der Waals surface area contributed by atoms with E-state index in [1.165, 1.54) is 6.07 Å². The van der Waals surface area contributed by atoms with Gasteiger partial charge in [-0.2, -0.15) is 0 Å². The average molecular weight is 478 g/mol. The number of aryl methyl sites for hydroxylation is 2. The second-order valence-electron chi connectivity index (χ2n) is 9.19. The number of ether oxygens (including phenoxy) is 1. The zero-order valence-electron chi connectivity index (χ0n) is 20.7. The van der Waals surface area contributed by atoms with Crippen LogP contribution >= 0.6 is 0 Å². The number of halogens is 1. The van der Waals surface area contributed by atoms with Gasteiger partial charge < -0.3 is 19.5 Å². The number of aromatic nitrogens is 1. The number of piperidine rings is 1. The molecule has 4 rings (SSSR count). The molecule has 7 heteroatoms. The van der Waals surface area contributed by atoms with E-state index in [0.29, 0.717) is 43.6 Å². The third-order valence-corrected chi connectivity index (χ3v) is 6.85. The van der Waals surface area contributed by atoms with Crippen molar-refractivity contribution < 1.29 is 18.7 Å². The molecule has 0 aliphatic carbocycles. The van der Waals surface area contributed by atoms with E-state index in [9.17, 15) is 14.0 Å². The highest BCUT2D eigenvalue weighted by Crippen LogP contribution is 2.26. The minimum Gasteiger partial charge on any atom is -0.497 e. The number of hydrogen-bond donors (Lipinski definition) is 1. The van der Waals surface area contributed by atoms with E-state index < -0.39 is 0 Å². The topological polar surface area (TPSA) is 63.6 Å². The van der Waals surface area contributed by atoms with Crippen molar-refractivity contribution in [2.75, 3.05) is 20.2 Å². The van der Waals surface area contributed by atoms with Crippen molar-refractivity contribution in [1.82, 2.24) is 14.8 Å². The van der Waals surface area contributed by atoms with Crippen molar-refractivity contribution >= 4 is 11.8 Å². The number of carbonyl (C=O) groups is 2. The molecule has 35 heavy (non-hydrogen) atoms. The third-order valence-electron chi connectivity index (χ3n) is 6.85. The normalized spacial score (nSPS) is 14.1. The lowest BCUT2D eigenvalue weighted by Crippen LogP contribution is -2.43. The maximum absolute atomic E-state index is 13.7. The quantitative estimate of drug-likeness (QED) is 0.559. The van der Waals surface area contributed by atoms with Crippen molar-refractivity contribution in [1.29, 1.82) is 0 Å². The van der Waals surface area contributed by atoms with Crippen molar-refractivity contribution in [3.63, 3.8) is 0 Å². The Kier molecular flexibility index (Phi) is 7.24. The molecule has 3 aromatic rings. The molecule has 2 aromatic carbocycles. The fourth-order valence-electron chi connectivity index (χ4n) is 4.70. The highest BCUT2D eigenvalue weighted by molar-refractivity contribution is 5.96. The number of likely N-dealkylation sites (tertiary alicyclic amines) is 1. The lowest BCUT2D eigenvalue weighted by molar-refractivity contribution is -0.126. The van der Waals surface area contributed by atoms with E-state index in [1.807, 2.05) is 55.1 Å². The summed E-state index contributed by atoms with van der Waals surface area (Å²) in [7, 11) is 1.63. The summed E-state index contributed by atoms with van der Waals surface area (Å²) in [4.78, 5) is 27.8. The monoisotopic (exact) mass is 477 g/mol. The SMILES string of the molecule is COc1ccc(-n2c(C)cc(C(=O)N3CCC(C(=O)NCc4ccc(C)c(F)c4)CC3)c2C)cc1. The van der Waals surface area contributed by atoms with Gasteiger partial charge in [0.1, 0.15) is 11.6 Å². The van der Waals surface area contributed by atoms with Crippen molar-refractivity contribution in [3.8, 4) is 11.4 Å². The molecule has 6 nitrogen and oxygen atoms in total. The highest BCUT2D eigenvalue weighted by atomic mass is 19.1. The molecule has 0 saturated carbocycles. The molecule has 1 aromatic heterocycles. The molecular weight excluding hydrogens is 445 g/mol. The first-order valence-electron chi connectivity index (χ1n) is 11.9. The summed E-state index contributed by atoms with van der Waals surface area (Å²) in [5.41, 5.74) is 4.86. The van der Waals surface area contributed by atoms with Crippen molar-refractivity contribution in [3.05, 3.63) is 82.4 Å². The van der Waals surface area contributed by atoms with Crippen LogP contribution in [-0.2, 0) is 11.3 Å². The fraction of sp³-hybridized carbons (Fsp3) is 0.357. The Bertz CT molecular complexity index is 1220. The number of methoxy groups -OCH3 is 1. The number of nitrogens with one attached hydrogen (secondary N) is 1. The standard InChI is InChI=1S/C28H32FN3O3/c1-18-5-6-21(16-26(18)29)17-30-27(33)22-11-13-31(14-12-22)28(34)25-15-19(2)32(20(25)3)23-7-9-24(35-4)10-8-23/h5-10,15-16,22H,11-14,17H2,1-4H3,(H,30,33). The lowest BCUT2D eigenvalue weighted by Gasteiger charge is -2.31. The second kappa shape index (κ2) is 10.3. The van der Waals surface area contributed by atoms with Gasteiger partial charge in [0.2, 0.25) is 5.91 Å². The molecule has 1 aliphatic heterocycles. The smallest absolute Gasteiger partial charge is 0.255 e. The van der Waals surface area contributed by atoms with Gasteiger partial charge in [0.05, 0.1) is 12.7 Å². The van der Waals surface area contributed by atoms with Crippen LogP contribution in [0.3, 0.4) is 0 Å². The number of benzene rings is 2. The highest BCUT2D eigenvalue weighted by Gasteiger charge is 2.29. The summed E-state index contributed by atoms with van der Waals surface area (Å²) in [6.45, 7) is 7.02. The zero-order valence-corrected chi connectivity index (χ0v) is 20.7. The Hall–Kier alpha value is -3.61. The molecule has 1 fully saturated rings. The molecule has 0 unspecified atom stereocenters. The summed E-state index contributed by atoms with van der Waals surface area (Å²) in [5, 5.41) is 2.92. The van der Waals surface area contributed by atoms with Crippen LogP contribution in [0.25, 0.3) is 5.69 Å². The van der Waals surface area contributed by atoms with Crippen LogP contribution in [0.1, 0.15) is 45.7 Å². The molecule has 0 atom stereocenters.